The molecule has 1 amide bonds. The van der Waals surface area contributed by atoms with E-state index in [1.54, 1.807) is 18.2 Å². The van der Waals surface area contributed by atoms with Crippen LogP contribution in [0.15, 0.2) is 42.5 Å². The summed E-state index contributed by atoms with van der Waals surface area (Å²) in [6.45, 7) is 2.64. The molecule has 3 N–H and O–H groups in total. The minimum Gasteiger partial charge on any atom is -0.492 e. The van der Waals surface area contributed by atoms with Gasteiger partial charge < -0.3 is 15.8 Å². The first kappa shape index (κ1) is 20.1. The number of aryl methyl sites for hydroxylation is 1. The van der Waals surface area contributed by atoms with E-state index in [9.17, 15) is 4.79 Å². The van der Waals surface area contributed by atoms with Gasteiger partial charge in [0.05, 0.1) is 11.6 Å². The average Bonchev–Trinajstić information content (AvgIpc) is 2.53. The highest BCUT2D eigenvalue weighted by atomic mass is 35.5. The Morgan fingerprint density at radius 1 is 1.25 bits per heavy atom. The van der Waals surface area contributed by atoms with E-state index >= 15 is 0 Å². The van der Waals surface area contributed by atoms with Crippen LogP contribution < -0.4 is 15.8 Å². The number of carbonyl (C=O) groups excluding carboxylic acids is 1. The predicted molar refractivity (Wildman–Crippen MR) is 102 cm³/mol. The number of carbonyl (C=O) groups is 1. The van der Waals surface area contributed by atoms with Crippen LogP contribution in [0.3, 0.4) is 0 Å². The molecule has 2 rings (SSSR count). The fourth-order valence-corrected chi connectivity index (χ4v) is 2.38. The smallest absolute Gasteiger partial charge is 0.224 e. The molecule has 0 fully saturated rings. The largest absolute Gasteiger partial charge is 0.492 e. The second-order valence-corrected chi connectivity index (χ2v) is 5.65. The number of amides is 1. The molecule has 6 heteroatoms. The Balaban J connectivity index is 0.00000288. The van der Waals surface area contributed by atoms with Crippen molar-refractivity contribution in [2.75, 3.05) is 17.7 Å². The summed E-state index contributed by atoms with van der Waals surface area (Å²) in [6, 6.07) is 12.8. The summed E-state index contributed by atoms with van der Waals surface area (Å²) in [7, 11) is 0. The van der Waals surface area contributed by atoms with Crippen LogP contribution >= 0.6 is 24.0 Å². The van der Waals surface area contributed by atoms with Crippen molar-refractivity contribution >= 4 is 41.3 Å². The molecule has 0 aliphatic rings. The number of nitrogens with two attached hydrogens (primary N) is 1. The summed E-state index contributed by atoms with van der Waals surface area (Å²) < 4.78 is 5.51. The third-order valence-corrected chi connectivity index (χ3v) is 3.65. The number of halogens is 2. The van der Waals surface area contributed by atoms with Crippen molar-refractivity contribution in [2.45, 2.75) is 26.2 Å². The van der Waals surface area contributed by atoms with Crippen LogP contribution in [0.5, 0.6) is 5.75 Å². The second-order valence-electron chi connectivity index (χ2n) is 5.24. The van der Waals surface area contributed by atoms with Gasteiger partial charge in [-0.1, -0.05) is 36.7 Å². The maximum Gasteiger partial charge on any atom is 0.224 e. The van der Waals surface area contributed by atoms with Crippen LogP contribution in [0.2, 0.25) is 5.02 Å². The van der Waals surface area contributed by atoms with E-state index in [0.717, 1.165) is 12.0 Å². The van der Waals surface area contributed by atoms with Crippen molar-refractivity contribution in [3.05, 3.63) is 53.1 Å². The molecule has 0 radical (unpaired) electrons. The molecule has 2 aromatic rings. The highest BCUT2D eigenvalue weighted by Crippen LogP contribution is 2.28. The molecule has 0 saturated heterocycles. The molecule has 0 heterocycles. The molecule has 0 atom stereocenters. The van der Waals surface area contributed by atoms with Crippen molar-refractivity contribution in [1.82, 2.24) is 0 Å². The molecule has 4 nitrogen and oxygen atoms in total. The van der Waals surface area contributed by atoms with Gasteiger partial charge in [-0.3, -0.25) is 4.79 Å². The first-order chi connectivity index (χ1) is 11.1. The standard InChI is InChI=1S/C18H21ClN2O2.ClH/c1-2-11-23-17-9-8-14(12-15(17)19)21-18(22)10-7-13-5-3-4-6-16(13)20;/h3-6,8-9,12H,2,7,10-11,20H2,1H3,(H,21,22);1H. The summed E-state index contributed by atoms with van der Waals surface area (Å²) in [5, 5.41) is 3.33. The minimum absolute atomic E-state index is 0. The third-order valence-electron chi connectivity index (χ3n) is 3.35. The normalized spacial score (nSPS) is 9.92. The maximum atomic E-state index is 12.0. The van der Waals surface area contributed by atoms with Gasteiger partial charge >= 0.3 is 0 Å². The van der Waals surface area contributed by atoms with Crippen LogP contribution in [-0.2, 0) is 11.2 Å². The molecule has 0 aliphatic heterocycles. The van der Waals surface area contributed by atoms with Crippen LogP contribution in [0.25, 0.3) is 0 Å². The van der Waals surface area contributed by atoms with Crippen molar-refractivity contribution in [1.29, 1.82) is 0 Å². The van der Waals surface area contributed by atoms with Crippen LogP contribution in [-0.4, -0.2) is 12.5 Å². The third kappa shape index (κ3) is 5.95. The lowest BCUT2D eigenvalue weighted by atomic mass is 10.1. The minimum atomic E-state index is -0.0773. The van der Waals surface area contributed by atoms with Crippen molar-refractivity contribution in [3.63, 3.8) is 0 Å². The zero-order chi connectivity index (χ0) is 16.7. The Labute approximate surface area is 153 Å². The summed E-state index contributed by atoms with van der Waals surface area (Å²) >= 11 is 6.15. The molecule has 130 valence electrons. The molecule has 0 unspecified atom stereocenters. The first-order valence-corrected chi connectivity index (χ1v) is 8.03. The van der Waals surface area contributed by atoms with Crippen molar-refractivity contribution in [2.24, 2.45) is 0 Å². The Morgan fingerprint density at radius 2 is 2.00 bits per heavy atom. The molecular formula is C18H22Cl2N2O2. The molecule has 0 bridgehead atoms. The van der Waals surface area contributed by atoms with E-state index in [1.807, 2.05) is 31.2 Å². The Morgan fingerprint density at radius 3 is 2.67 bits per heavy atom. The fraction of sp³-hybridized carbons (Fsp3) is 0.278. The van der Waals surface area contributed by atoms with Crippen LogP contribution in [0.1, 0.15) is 25.3 Å². The Bertz CT molecular complexity index is 678. The SMILES string of the molecule is CCCOc1ccc(NC(=O)CCc2ccccc2N)cc1Cl.Cl. The number of benzene rings is 2. The van der Waals surface area contributed by atoms with Crippen molar-refractivity contribution in [3.8, 4) is 5.75 Å². The van der Waals surface area contributed by atoms with E-state index in [2.05, 4.69) is 5.32 Å². The van der Waals surface area contributed by atoms with E-state index in [4.69, 9.17) is 22.1 Å². The van der Waals surface area contributed by atoms with Crippen LogP contribution in [0, 0.1) is 0 Å². The van der Waals surface area contributed by atoms with Gasteiger partial charge in [0.25, 0.3) is 0 Å². The number of nitrogens with one attached hydrogen (secondary N) is 1. The van der Waals surface area contributed by atoms with E-state index < -0.39 is 0 Å². The van der Waals surface area contributed by atoms with E-state index in [0.29, 0.717) is 41.6 Å². The second kappa shape index (κ2) is 10.1. The zero-order valence-electron chi connectivity index (χ0n) is 13.5. The summed E-state index contributed by atoms with van der Waals surface area (Å²) in [6.07, 6.45) is 1.88. The maximum absolute atomic E-state index is 12.0. The number of rotatable bonds is 7. The van der Waals surface area contributed by atoms with E-state index in [-0.39, 0.29) is 18.3 Å². The monoisotopic (exact) mass is 368 g/mol. The lowest BCUT2D eigenvalue weighted by Crippen LogP contribution is -2.12. The lowest BCUT2D eigenvalue weighted by Gasteiger charge is -2.10. The summed E-state index contributed by atoms with van der Waals surface area (Å²) in [5.41, 5.74) is 8.21. The van der Waals surface area contributed by atoms with Gasteiger partial charge in [0, 0.05) is 17.8 Å². The number of nitrogen functional groups attached to an aromatic ring is 1. The predicted octanol–water partition coefficient (Wildman–Crippen LogP) is 4.70. The van der Waals surface area contributed by atoms with E-state index in [1.165, 1.54) is 0 Å². The van der Waals surface area contributed by atoms with Crippen molar-refractivity contribution < 1.29 is 9.53 Å². The summed E-state index contributed by atoms with van der Waals surface area (Å²) in [4.78, 5) is 12.0. The number of hydrogen-bond acceptors (Lipinski definition) is 3. The van der Waals surface area contributed by atoms with Gasteiger partial charge in [0.1, 0.15) is 5.75 Å². The highest BCUT2D eigenvalue weighted by molar-refractivity contribution is 6.32. The van der Waals surface area contributed by atoms with Gasteiger partial charge in [0.2, 0.25) is 5.91 Å². The van der Waals surface area contributed by atoms with Gasteiger partial charge in [-0.05, 0) is 42.7 Å². The quantitative estimate of drug-likeness (QED) is 0.695. The lowest BCUT2D eigenvalue weighted by molar-refractivity contribution is -0.116. The number of ether oxygens (including phenoxy) is 1. The molecule has 0 saturated carbocycles. The van der Waals surface area contributed by atoms with Crippen LogP contribution in [0.4, 0.5) is 11.4 Å². The molecular weight excluding hydrogens is 347 g/mol. The number of hydrogen-bond donors (Lipinski definition) is 2. The summed E-state index contributed by atoms with van der Waals surface area (Å²) in [5.74, 6) is 0.551. The fourth-order valence-electron chi connectivity index (χ4n) is 2.14. The van der Waals surface area contributed by atoms with Gasteiger partial charge in [-0.2, -0.15) is 0 Å². The van der Waals surface area contributed by atoms with Gasteiger partial charge in [-0.25, -0.2) is 0 Å². The molecule has 0 spiro atoms. The molecule has 0 aliphatic carbocycles. The molecule has 24 heavy (non-hydrogen) atoms. The average molecular weight is 369 g/mol. The Kier molecular flexibility index (Phi) is 8.44. The number of anilines is 2. The Hall–Kier alpha value is -1.91. The highest BCUT2D eigenvalue weighted by Gasteiger charge is 2.07. The van der Waals surface area contributed by atoms with Gasteiger partial charge in [0.15, 0.2) is 0 Å². The topological polar surface area (TPSA) is 64.3 Å². The molecule has 2 aromatic carbocycles. The number of para-hydroxylation sites is 1. The van der Waals surface area contributed by atoms with Gasteiger partial charge in [-0.15, -0.1) is 12.4 Å². The first-order valence-electron chi connectivity index (χ1n) is 7.65. The molecule has 0 aromatic heterocycles. The zero-order valence-corrected chi connectivity index (χ0v) is 15.1.